The number of hydrogen-bond donors (Lipinski definition) is 1. The van der Waals surface area contributed by atoms with Crippen LogP contribution in [0.4, 0.5) is 0 Å². The van der Waals surface area contributed by atoms with Crippen LogP contribution in [0.15, 0.2) is 12.1 Å². The molecule has 2 heterocycles. The maximum Gasteiger partial charge on any atom is 0.222 e. The molecule has 5 atom stereocenters. The summed E-state index contributed by atoms with van der Waals surface area (Å²) in [5, 5.41) is 3.48. The van der Waals surface area contributed by atoms with Crippen molar-refractivity contribution in [2.24, 2.45) is 28.6 Å². The summed E-state index contributed by atoms with van der Waals surface area (Å²) >= 11 is 0. The molecule has 32 heavy (non-hydrogen) atoms. The summed E-state index contributed by atoms with van der Waals surface area (Å²) in [7, 11) is 1.67. The highest BCUT2D eigenvalue weighted by molar-refractivity contribution is 5.78. The molecule has 1 aromatic rings. The molecule has 1 saturated heterocycles. The first-order chi connectivity index (χ1) is 15.3. The molecule has 6 heteroatoms. The lowest BCUT2D eigenvalue weighted by Crippen LogP contribution is -2.59. The van der Waals surface area contributed by atoms with E-state index in [-0.39, 0.29) is 34.8 Å². The molecule has 2 aliphatic carbocycles. The van der Waals surface area contributed by atoms with Gasteiger partial charge in [-0.3, -0.25) is 4.79 Å². The smallest absolute Gasteiger partial charge is 0.222 e. The van der Waals surface area contributed by atoms with E-state index in [2.05, 4.69) is 31.3 Å². The van der Waals surface area contributed by atoms with Crippen LogP contribution in [0, 0.1) is 28.6 Å². The van der Waals surface area contributed by atoms with Crippen LogP contribution in [0.1, 0.15) is 65.0 Å². The third-order valence-corrected chi connectivity index (χ3v) is 8.70. The summed E-state index contributed by atoms with van der Waals surface area (Å²) in [6.45, 7) is 10.6. The predicted octanol–water partition coefficient (Wildman–Crippen LogP) is 4.51. The second-order valence-corrected chi connectivity index (χ2v) is 11.0. The molecule has 3 fully saturated rings. The summed E-state index contributed by atoms with van der Waals surface area (Å²) in [4.78, 5) is 12.8. The van der Waals surface area contributed by atoms with Crippen molar-refractivity contribution in [2.45, 2.75) is 65.5 Å². The lowest BCUT2D eigenvalue weighted by atomic mass is 9.58. The molecule has 2 aliphatic heterocycles. The van der Waals surface area contributed by atoms with Gasteiger partial charge in [0.15, 0.2) is 11.5 Å². The zero-order valence-electron chi connectivity index (χ0n) is 20.0. The highest BCUT2D eigenvalue weighted by Gasteiger charge is 2.68. The maximum atomic E-state index is 12.8. The molecule has 1 N–H and O–H groups in total. The first-order valence-electron chi connectivity index (χ1n) is 12.2. The van der Waals surface area contributed by atoms with Crippen molar-refractivity contribution < 1.29 is 23.7 Å². The minimum Gasteiger partial charge on any atom is -0.493 e. The van der Waals surface area contributed by atoms with E-state index in [9.17, 15) is 4.79 Å². The van der Waals surface area contributed by atoms with E-state index < -0.39 is 0 Å². The minimum absolute atomic E-state index is 0.0126. The number of carbonyl (C=O) groups excluding carboxylic acids is 1. The van der Waals surface area contributed by atoms with E-state index in [0.717, 1.165) is 37.0 Å². The van der Waals surface area contributed by atoms with Crippen molar-refractivity contribution in [3.8, 4) is 17.2 Å². The van der Waals surface area contributed by atoms with E-state index in [1.165, 1.54) is 0 Å². The van der Waals surface area contributed by atoms with E-state index >= 15 is 0 Å². The van der Waals surface area contributed by atoms with Gasteiger partial charge in [-0.2, -0.15) is 0 Å². The Hall–Kier alpha value is -1.95. The molecular formula is C26H37NO5. The van der Waals surface area contributed by atoms with Crippen molar-refractivity contribution in [3.63, 3.8) is 0 Å². The van der Waals surface area contributed by atoms with Gasteiger partial charge in [0.25, 0.3) is 0 Å². The number of nitrogens with one attached hydrogen (secondary N) is 1. The van der Waals surface area contributed by atoms with Crippen molar-refractivity contribution in [1.29, 1.82) is 0 Å². The van der Waals surface area contributed by atoms with Gasteiger partial charge in [-0.15, -0.1) is 0 Å². The molecule has 0 aromatic heterocycles. The number of rotatable bonds is 4. The van der Waals surface area contributed by atoms with Crippen molar-refractivity contribution in [3.05, 3.63) is 17.7 Å². The average Bonchev–Trinajstić information content (AvgIpc) is 3.13. The van der Waals surface area contributed by atoms with E-state index in [0.29, 0.717) is 43.2 Å². The third-order valence-electron chi connectivity index (χ3n) is 8.70. The number of carbonyl (C=O) groups is 1. The maximum absolute atomic E-state index is 12.8. The standard InChI is InChI=1S/C26H37NO5/c1-15(2)23(28)27-24-25(3,4)17-13-18-21(32-10-7-26(18,24)14-17)16-11-19(29-5)22-20(12-16)30-8-6-9-31-22/h11-12,15,17-18,21,24H,6-10,13-14H2,1-5H3,(H,27,28)/t17-,18-,21-,24-,26-/m1/s1. The molecular weight excluding hydrogens is 406 g/mol. The summed E-state index contributed by atoms with van der Waals surface area (Å²) in [5.41, 5.74) is 1.25. The highest BCUT2D eigenvalue weighted by atomic mass is 16.5. The van der Waals surface area contributed by atoms with Crippen LogP contribution in [0.3, 0.4) is 0 Å². The van der Waals surface area contributed by atoms with E-state index in [4.69, 9.17) is 18.9 Å². The summed E-state index contributed by atoms with van der Waals surface area (Å²) < 4.78 is 24.1. The van der Waals surface area contributed by atoms with Crippen molar-refractivity contribution in [1.82, 2.24) is 5.32 Å². The molecule has 2 saturated carbocycles. The largest absolute Gasteiger partial charge is 0.493 e. The van der Waals surface area contributed by atoms with E-state index in [1.807, 2.05) is 13.8 Å². The number of fused-ring (bicyclic) bond motifs is 2. The fourth-order valence-corrected chi connectivity index (χ4v) is 7.00. The third kappa shape index (κ3) is 3.20. The first-order valence-corrected chi connectivity index (χ1v) is 12.2. The molecule has 1 amide bonds. The molecule has 0 unspecified atom stereocenters. The fraction of sp³-hybridized carbons (Fsp3) is 0.731. The van der Waals surface area contributed by atoms with Crippen LogP contribution in [0.25, 0.3) is 0 Å². The van der Waals surface area contributed by atoms with Crippen LogP contribution in [0.2, 0.25) is 0 Å². The minimum atomic E-state index is -0.0330. The van der Waals surface area contributed by atoms with Gasteiger partial charge < -0.3 is 24.3 Å². The second kappa shape index (κ2) is 7.82. The van der Waals surface area contributed by atoms with Gasteiger partial charge in [0.2, 0.25) is 11.7 Å². The zero-order valence-corrected chi connectivity index (χ0v) is 20.0. The van der Waals surface area contributed by atoms with Crippen LogP contribution < -0.4 is 19.5 Å². The lowest BCUT2D eigenvalue weighted by Gasteiger charge is -2.53. The van der Waals surface area contributed by atoms with Gasteiger partial charge in [-0.25, -0.2) is 0 Å². The van der Waals surface area contributed by atoms with Gasteiger partial charge in [-0.1, -0.05) is 27.7 Å². The quantitative estimate of drug-likeness (QED) is 0.742. The van der Waals surface area contributed by atoms with E-state index in [1.54, 1.807) is 7.11 Å². The molecule has 5 rings (SSSR count). The van der Waals surface area contributed by atoms with Gasteiger partial charge in [0, 0.05) is 25.0 Å². The zero-order chi connectivity index (χ0) is 22.7. The van der Waals surface area contributed by atoms with Crippen LogP contribution in [0.5, 0.6) is 17.2 Å². The lowest BCUT2D eigenvalue weighted by molar-refractivity contribution is -0.139. The molecule has 1 spiro atoms. The number of benzene rings is 1. The predicted molar refractivity (Wildman–Crippen MR) is 121 cm³/mol. The Morgan fingerprint density at radius 1 is 1.19 bits per heavy atom. The fourth-order valence-electron chi connectivity index (χ4n) is 7.00. The summed E-state index contributed by atoms with van der Waals surface area (Å²) in [6.07, 6.45) is 4.11. The molecule has 1 aromatic carbocycles. The molecule has 0 radical (unpaired) electrons. The Kier molecular flexibility index (Phi) is 5.35. The van der Waals surface area contributed by atoms with Crippen LogP contribution in [-0.2, 0) is 9.53 Å². The van der Waals surface area contributed by atoms with Crippen molar-refractivity contribution in [2.75, 3.05) is 26.9 Å². The Bertz CT molecular complexity index is 896. The van der Waals surface area contributed by atoms with Crippen LogP contribution in [-0.4, -0.2) is 38.9 Å². The van der Waals surface area contributed by atoms with Gasteiger partial charge in [0.1, 0.15) is 0 Å². The Morgan fingerprint density at radius 2 is 1.97 bits per heavy atom. The number of amides is 1. The number of hydrogen-bond acceptors (Lipinski definition) is 5. The topological polar surface area (TPSA) is 66.0 Å². The molecule has 6 nitrogen and oxygen atoms in total. The van der Waals surface area contributed by atoms with Gasteiger partial charge in [0.05, 0.1) is 26.4 Å². The number of ether oxygens (including phenoxy) is 4. The van der Waals surface area contributed by atoms with Crippen LogP contribution >= 0.6 is 0 Å². The Labute approximate surface area is 191 Å². The second-order valence-electron chi connectivity index (χ2n) is 11.0. The molecule has 176 valence electrons. The van der Waals surface area contributed by atoms with Gasteiger partial charge in [-0.05, 0) is 59.6 Å². The average molecular weight is 444 g/mol. The number of methoxy groups -OCH3 is 1. The normalized spacial score (nSPS) is 34.7. The van der Waals surface area contributed by atoms with Crippen molar-refractivity contribution >= 4 is 5.91 Å². The Balaban J connectivity index is 1.51. The first kappa shape index (κ1) is 21.9. The molecule has 4 aliphatic rings. The Morgan fingerprint density at radius 3 is 2.72 bits per heavy atom. The SMILES string of the molecule is COc1cc([C@H]2OCC[C@@]34C[C@@H](C[C@H]23)C(C)(C)[C@H]4NC(=O)C(C)C)cc2c1OCCCO2. The highest BCUT2D eigenvalue weighted by Crippen LogP contribution is 2.70. The van der Waals surface area contributed by atoms with Gasteiger partial charge >= 0.3 is 0 Å². The summed E-state index contributed by atoms with van der Waals surface area (Å²) in [5.74, 6) is 3.22. The summed E-state index contributed by atoms with van der Waals surface area (Å²) in [6, 6.07) is 4.32. The molecule has 2 bridgehead atoms. The monoisotopic (exact) mass is 443 g/mol.